The average molecular weight is 1020 g/mol. The number of carbonyl (C=O) groups is 2. The Kier molecular flexibility index (Phi) is 52.2. The van der Waals surface area contributed by atoms with Gasteiger partial charge in [-0.05, 0) is 44.9 Å². The van der Waals surface area contributed by atoms with E-state index in [4.69, 9.17) is 18.5 Å². The fourth-order valence-corrected chi connectivity index (χ4v) is 9.71. The van der Waals surface area contributed by atoms with Crippen molar-refractivity contribution in [1.29, 1.82) is 0 Å². The molecule has 0 bridgehead atoms. The molecule has 0 rings (SSSR count). The molecule has 0 spiro atoms. The Morgan fingerprint density at radius 3 is 1.11 bits per heavy atom. The molecule has 71 heavy (non-hydrogen) atoms. The van der Waals surface area contributed by atoms with Gasteiger partial charge in [0.1, 0.15) is 19.8 Å². The van der Waals surface area contributed by atoms with Gasteiger partial charge < -0.3 is 27.9 Å². The van der Waals surface area contributed by atoms with Crippen LogP contribution in [0.25, 0.3) is 0 Å². The zero-order chi connectivity index (χ0) is 52.0. The number of phosphoric acid groups is 1. The second kappa shape index (κ2) is 53.3. The van der Waals surface area contributed by atoms with Gasteiger partial charge in [-0.25, -0.2) is 0 Å². The minimum absolute atomic E-state index is 0.0268. The van der Waals surface area contributed by atoms with Crippen LogP contribution in [-0.2, 0) is 32.7 Å². The van der Waals surface area contributed by atoms with Crippen LogP contribution >= 0.6 is 7.82 Å². The minimum Gasteiger partial charge on any atom is -0.756 e. The molecule has 0 N–H and O–H groups in total. The van der Waals surface area contributed by atoms with Gasteiger partial charge >= 0.3 is 11.9 Å². The number of quaternary nitrogens is 1. The van der Waals surface area contributed by atoms with Gasteiger partial charge in [0, 0.05) is 12.8 Å². The molecule has 2 unspecified atom stereocenters. The van der Waals surface area contributed by atoms with Crippen molar-refractivity contribution < 1.29 is 42.1 Å². The van der Waals surface area contributed by atoms with Gasteiger partial charge in [-0.15, -0.1) is 0 Å². The van der Waals surface area contributed by atoms with E-state index in [9.17, 15) is 19.0 Å². The predicted molar refractivity (Wildman–Crippen MR) is 301 cm³/mol. The average Bonchev–Trinajstić information content (AvgIpc) is 3.33. The third kappa shape index (κ3) is 57.6. The first-order chi connectivity index (χ1) is 34.5. The molecule has 0 aliphatic rings. The van der Waals surface area contributed by atoms with Crippen molar-refractivity contribution in [1.82, 2.24) is 0 Å². The van der Waals surface area contributed by atoms with Gasteiger partial charge in [-0.1, -0.05) is 269 Å². The molecular formula is C61H118NO8P. The van der Waals surface area contributed by atoms with E-state index in [0.29, 0.717) is 17.4 Å². The summed E-state index contributed by atoms with van der Waals surface area (Å²) in [6.45, 7) is 4.27. The lowest BCUT2D eigenvalue weighted by Gasteiger charge is -2.28. The number of allylic oxidation sites excluding steroid dienone is 4. The molecule has 0 aliphatic carbocycles. The van der Waals surface area contributed by atoms with Crippen LogP contribution in [-0.4, -0.2) is 70.0 Å². The third-order valence-electron chi connectivity index (χ3n) is 13.7. The lowest BCUT2D eigenvalue weighted by atomic mass is 10.0. The summed E-state index contributed by atoms with van der Waals surface area (Å²) in [7, 11) is 1.18. The van der Waals surface area contributed by atoms with Gasteiger partial charge in [0.2, 0.25) is 0 Å². The molecule has 0 aromatic rings. The van der Waals surface area contributed by atoms with Crippen LogP contribution in [0, 0.1) is 0 Å². The van der Waals surface area contributed by atoms with Crippen molar-refractivity contribution >= 4 is 19.8 Å². The molecule has 0 saturated carbocycles. The number of hydrogen-bond donors (Lipinski definition) is 0. The molecule has 0 saturated heterocycles. The Morgan fingerprint density at radius 1 is 0.437 bits per heavy atom. The normalized spacial score (nSPS) is 13.4. The third-order valence-corrected chi connectivity index (χ3v) is 14.7. The highest BCUT2D eigenvalue weighted by molar-refractivity contribution is 7.45. The first-order valence-electron chi connectivity index (χ1n) is 30.5. The summed E-state index contributed by atoms with van der Waals surface area (Å²) in [6.07, 6.45) is 64.0. The van der Waals surface area contributed by atoms with Crippen molar-refractivity contribution in [3.8, 4) is 0 Å². The van der Waals surface area contributed by atoms with Gasteiger partial charge in [0.05, 0.1) is 27.7 Å². The summed E-state index contributed by atoms with van der Waals surface area (Å²) in [5.41, 5.74) is 0. The summed E-state index contributed by atoms with van der Waals surface area (Å²) >= 11 is 0. The highest BCUT2D eigenvalue weighted by Gasteiger charge is 2.22. The molecule has 0 aromatic heterocycles. The standard InChI is InChI=1S/C61H118NO8P/c1-6-8-10-12-14-16-18-20-21-22-23-24-25-26-27-28-29-30-31-32-33-34-35-36-37-38-39-40-41-42-44-46-48-50-52-54-61(64)70-59(58-69-71(65,66)68-56-55-62(3,4)5)57-67-60(63)53-51-49-47-45-43-19-17-15-13-11-9-7-2/h18,20,22-23,59H,6-17,19,21,24-58H2,1-5H3/b20-18-,23-22-. The van der Waals surface area contributed by atoms with E-state index in [0.717, 1.165) is 38.5 Å². The summed E-state index contributed by atoms with van der Waals surface area (Å²) in [5, 5.41) is 0. The van der Waals surface area contributed by atoms with Gasteiger partial charge in [0.25, 0.3) is 7.82 Å². The van der Waals surface area contributed by atoms with E-state index in [1.165, 1.54) is 231 Å². The van der Waals surface area contributed by atoms with E-state index < -0.39 is 26.5 Å². The summed E-state index contributed by atoms with van der Waals surface area (Å²) in [5.74, 6) is -0.817. The molecule has 0 radical (unpaired) electrons. The summed E-state index contributed by atoms with van der Waals surface area (Å²) < 4.78 is 34.1. The molecule has 0 aromatic carbocycles. The van der Waals surface area contributed by atoms with Crippen molar-refractivity contribution in [2.75, 3.05) is 47.5 Å². The van der Waals surface area contributed by atoms with E-state index >= 15 is 0 Å². The zero-order valence-electron chi connectivity index (χ0n) is 47.7. The Bertz CT molecular complexity index is 1250. The number of rotatable bonds is 57. The number of likely N-dealkylation sites (N-methyl/N-ethyl adjacent to an activating group) is 1. The topological polar surface area (TPSA) is 111 Å². The number of esters is 2. The largest absolute Gasteiger partial charge is 0.756 e. The van der Waals surface area contributed by atoms with E-state index in [-0.39, 0.29) is 32.0 Å². The highest BCUT2D eigenvalue weighted by Crippen LogP contribution is 2.38. The lowest BCUT2D eigenvalue weighted by molar-refractivity contribution is -0.870. The predicted octanol–water partition coefficient (Wildman–Crippen LogP) is 18.4. The van der Waals surface area contributed by atoms with E-state index in [1.54, 1.807) is 0 Å². The van der Waals surface area contributed by atoms with E-state index in [2.05, 4.69) is 38.2 Å². The van der Waals surface area contributed by atoms with Crippen LogP contribution in [0.5, 0.6) is 0 Å². The van der Waals surface area contributed by atoms with Gasteiger partial charge in [-0.2, -0.15) is 0 Å². The van der Waals surface area contributed by atoms with Crippen LogP contribution < -0.4 is 4.89 Å². The van der Waals surface area contributed by atoms with Gasteiger partial charge in [-0.3, -0.25) is 14.2 Å². The maximum atomic E-state index is 12.8. The second-order valence-electron chi connectivity index (χ2n) is 22.1. The Morgan fingerprint density at radius 2 is 0.761 bits per heavy atom. The van der Waals surface area contributed by atoms with Crippen LogP contribution in [0.15, 0.2) is 24.3 Å². The molecule has 9 nitrogen and oxygen atoms in total. The van der Waals surface area contributed by atoms with E-state index in [1.807, 2.05) is 21.1 Å². The molecular weight excluding hydrogens is 906 g/mol. The maximum Gasteiger partial charge on any atom is 0.306 e. The van der Waals surface area contributed by atoms with Gasteiger partial charge in [0.15, 0.2) is 6.10 Å². The van der Waals surface area contributed by atoms with Crippen LogP contribution in [0.4, 0.5) is 0 Å². The SMILES string of the molecule is CCCCCCC/C=C\C/C=C\CCCCCCCCCCCCCCCCCCCCCCCCCC(=O)OC(COC(=O)CCCCCCCCCCCCCC)COP(=O)([O-])OCC[N+](C)(C)C. The molecule has 2 atom stereocenters. The first-order valence-corrected chi connectivity index (χ1v) is 32.0. The number of hydrogen-bond acceptors (Lipinski definition) is 8. The lowest BCUT2D eigenvalue weighted by Crippen LogP contribution is -2.37. The molecule has 0 amide bonds. The Balaban J connectivity index is 3.91. The Hall–Kier alpha value is -1.51. The van der Waals surface area contributed by atoms with Crippen molar-refractivity contribution in [3.05, 3.63) is 24.3 Å². The Labute approximate surface area is 440 Å². The minimum atomic E-state index is -4.63. The monoisotopic (exact) mass is 1020 g/mol. The fraction of sp³-hybridized carbons (Fsp3) is 0.902. The second-order valence-corrected chi connectivity index (χ2v) is 23.5. The number of unbranched alkanes of at least 4 members (excludes halogenated alkanes) is 39. The summed E-state index contributed by atoms with van der Waals surface area (Å²) in [4.78, 5) is 37.8. The smallest absolute Gasteiger partial charge is 0.306 e. The number of nitrogens with zero attached hydrogens (tertiary/aromatic N) is 1. The molecule has 0 fully saturated rings. The fourth-order valence-electron chi connectivity index (χ4n) is 8.98. The maximum absolute atomic E-state index is 12.8. The quantitative estimate of drug-likeness (QED) is 0.0195. The number of phosphoric ester groups is 1. The van der Waals surface area contributed by atoms with Crippen molar-refractivity contribution in [2.45, 2.75) is 309 Å². The number of carbonyl (C=O) groups excluding carboxylic acids is 2. The molecule has 0 heterocycles. The molecule has 10 heteroatoms. The van der Waals surface area contributed by atoms with Crippen LogP contribution in [0.3, 0.4) is 0 Å². The van der Waals surface area contributed by atoms with Crippen LogP contribution in [0.2, 0.25) is 0 Å². The zero-order valence-corrected chi connectivity index (χ0v) is 48.6. The molecule has 420 valence electrons. The number of ether oxygens (including phenoxy) is 2. The van der Waals surface area contributed by atoms with Crippen molar-refractivity contribution in [3.63, 3.8) is 0 Å². The molecule has 0 aliphatic heterocycles. The summed E-state index contributed by atoms with van der Waals surface area (Å²) in [6, 6.07) is 0. The van der Waals surface area contributed by atoms with Crippen LogP contribution in [0.1, 0.15) is 303 Å². The highest BCUT2D eigenvalue weighted by atomic mass is 31.2. The first kappa shape index (κ1) is 69.5. The van der Waals surface area contributed by atoms with Crippen molar-refractivity contribution in [2.24, 2.45) is 0 Å².